The molecule has 0 radical (unpaired) electrons. The fraction of sp³-hybridized carbons (Fsp3) is 0.684. The van der Waals surface area contributed by atoms with Gasteiger partial charge in [0, 0.05) is 25.2 Å². The minimum absolute atomic E-state index is 0.411. The quantitative estimate of drug-likeness (QED) is 0.853. The van der Waals surface area contributed by atoms with Crippen molar-refractivity contribution in [3.05, 3.63) is 35.9 Å². The van der Waals surface area contributed by atoms with Crippen molar-refractivity contribution in [2.75, 3.05) is 46.4 Å². The third-order valence-corrected chi connectivity index (χ3v) is 5.71. The number of rotatable bonds is 2. The lowest BCUT2D eigenvalue weighted by Gasteiger charge is -2.36. The summed E-state index contributed by atoms with van der Waals surface area (Å²) in [5, 5.41) is 6.88. The lowest BCUT2D eigenvalue weighted by atomic mass is 9.86. The summed E-state index contributed by atoms with van der Waals surface area (Å²) in [5.41, 5.74) is 0.590. The van der Waals surface area contributed by atoms with E-state index in [0.717, 1.165) is 37.5 Å². The van der Waals surface area contributed by atoms with Crippen LogP contribution in [0.4, 0.5) is 8.78 Å². The number of benzene rings is 1. The van der Waals surface area contributed by atoms with Crippen molar-refractivity contribution in [1.29, 1.82) is 0 Å². The summed E-state index contributed by atoms with van der Waals surface area (Å²) in [7, 11) is 2.04. The molecule has 0 bridgehead atoms. The molecule has 3 aliphatic heterocycles. The Kier molecular flexibility index (Phi) is 6.39. The average Bonchev–Trinajstić information content (AvgIpc) is 3.28. The van der Waals surface area contributed by atoms with Crippen LogP contribution in [0.1, 0.15) is 19.3 Å². The van der Waals surface area contributed by atoms with Gasteiger partial charge in [-0.25, -0.2) is 8.78 Å². The standard InChI is InChI=1S/C13H25N3O.C6H4F2/c1-14-11-6-12(8-17-7-11)16-5-3-13(10-16)2-4-15-9-13;7-5-1-2-6(8)4-3-5/h11-12,14-15H,2-10H2,1H3;1-4H. The molecule has 1 aromatic carbocycles. The zero-order chi connectivity index (χ0) is 17.7. The second-order valence-electron chi connectivity index (χ2n) is 7.50. The maximum atomic E-state index is 11.9. The lowest BCUT2D eigenvalue weighted by Crippen LogP contribution is -2.48. The van der Waals surface area contributed by atoms with E-state index in [9.17, 15) is 8.78 Å². The van der Waals surface area contributed by atoms with E-state index < -0.39 is 11.6 Å². The van der Waals surface area contributed by atoms with Gasteiger partial charge in [0.1, 0.15) is 11.6 Å². The molecule has 3 aliphatic rings. The molecule has 3 fully saturated rings. The van der Waals surface area contributed by atoms with Crippen molar-refractivity contribution in [1.82, 2.24) is 15.5 Å². The van der Waals surface area contributed by atoms with Gasteiger partial charge in [0.25, 0.3) is 0 Å². The molecule has 25 heavy (non-hydrogen) atoms. The second kappa shape index (κ2) is 8.54. The summed E-state index contributed by atoms with van der Waals surface area (Å²) in [6.07, 6.45) is 3.99. The van der Waals surface area contributed by atoms with Crippen LogP contribution in [-0.2, 0) is 4.74 Å². The van der Waals surface area contributed by atoms with E-state index in [4.69, 9.17) is 4.74 Å². The number of likely N-dealkylation sites (tertiary alicyclic amines) is 1. The van der Waals surface area contributed by atoms with E-state index in [1.807, 2.05) is 7.05 Å². The zero-order valence-electron chi connectivity index (χ0n) is 14.9. The van der Waals surface area contributed by atoms with E-state index in [1.165, 1.54) is 45.4 Å². The highest BCUT2D eigenvalue weighted by Crippen LogP contribution is 2.37. The van der Waals surface area contributed by atoms with Crippen molar-refractivity contribution in [2.45, 2.75) is 31.3 Å². The van der Waals surface area contributed by atoms with Crippen LogP contribution in [0.15, 0.2) is 24.3 Å². The van der Waals surface area contributed by atoms with Crippen LogP contribution in [0.3, 0.4) is 0 Å². The summed E-state index contributed by atoms with van der Waals surface area (Å²) >= 11 is 0. The van der Waals surface area contributed by atoms with Crippen LogP contribution in [0.5, 0.6) is 0 Å². The van der Waals surface area contributed by atoms with E-state index in [0.29, 0.717) is 17.5 Å². The summed E-state index contributed by atoms with van der Waals surface area (Å²) in [4.78, 5) is 2.68. The van der Waals surface area contributed by atoms with Gasteiger partial charge in [-0.1, -0.05) is 0 Å². The number of halogens is 2. The Balaban J connectivity index is 0.000000192. The maximum Gasteiger partial charge on any atom is 0.123 e. The predicted molar refractivity (Wildman–Crippen MR) is 94.5 cm³/mol. The van der Waals surface area contributed by atoms with Crippen LogP contribution in [0.25, 0.3) is 0 Å². The highest BCUT2D eigenvalue weighted by molar-refractivity contribution is 5.04. The largest absolute Gasteiger partial charge is 0.378 e. The molecule has 3 atom stereocenters. The van der Waals surface area contributed by atoms with Crippen molar-refractivity contribution < 1.29 is 13.5 Å². The molecule has 2 N–H and O–H groups in total. The molecular weight excluding hydrogens is 324 g/mol. The van der Waals surface area contributed by atoms with Gasteiger partial charge in [0.2, 0.25) is 0 Å². The van der Waals surface area contributed by atoms with E-state index >= 15 is 0 Å². The summed E-state index contributed by atoms with van der Waals surface area (Å²) < 4.78 is 29.6. The van der Waals surface area contributed by atoms with Gasteiger partial charge in [0.15, 0.2) is 0 Å². The van der Waals surface area contributed by atoms with Crippen LogP contribution in [-0.4, -0.2) is 63.4 Å². The molecule has 6 heteroatoms. The highest BCUT2D eigenvalue weighted by atomic mass is 19.1. The van der Waals surface area contributed by atoms with E-state index in [-0.39, 0.29) is 0 Å². The Labute approximate surface area is 148 Å². The van der Waals surface area contributed by atoms with Crippen LogP contribution < -0.4 is 10.6 Å². The first-order valence-corrected chi connectivity index (χ1v) is 9.21. The van der Waals surface area contributed by atoms with Gasteiger partial charge < -0.3 is 15.4 Å². The van der Waals surface area contributed by atoms with Crippen LogP contribution in [0, 0.1) is 17.0 Å². The van der Waals surface area contributed by atoms with Crippen LogP contribution in [0.2, 0.25) is 0 Å². The normalized spacial score (nSPS) is 32.6. The molecule has 3 saturated heterocycles. The monoisotopic (exact) mass is 353 g/mol. The third kappa shape index (κ3) is 4.97. The number of nitrogens with zero attached hydrogens (tertiary/aromatic N) is 1. The summed E-state index contributed by atoms with van der Waals surface area (Å²) in [5.74, 6) is -0.821. The van der Waals surface area contributed by atoms with Gasteiger partial charge in [0.05, 0.1) is 13.2 Å². The Morgan fingerprint density at radius 2 is 1.88 bits per heavy atom. The summed E-state index contributed by atoms with van der Waals surface area (Å²) in [6.45, 7) is 6.81. The highest BCUT2D eigenvalue weighted by Gasteiger charge is 2.42. The Morgan fingerprint density at radius 3 is 2.48 bits per heavy atom. The molecule has 0 saturated carbocycles. The minimum atomic E-state index is -0.411. The molecule has 1 spiro atoms. The fourth-order valence-corrected chi connectivity index (χ4v) is 4.12. The molecule has 1 aromatic rings. The Hall–Kier alpha value is -1.08. The topological polar surface area (TPSA) is 36.5 Å². The Bertz CT molecular complexity index is 513. The number of nitrogens with one attached hydrogen (secondary N) is 2. The van der Waals surface area contributed by atoms with E-state index in [1.54, 1.807) is 0 Å². The first-order valence-electron chi connectivity index (χ1n) is 9.21. The molecular formula is C19H29F2N3O. The molecule has 0 aromatic heterocycles. The zero-order valence-corrected chi connectivity index (χ0v) is 14.9. The first-order chi connectivity index (χ1) is 12.1. The van der Waals surface area contributed by atoms with Gasteiger partial charge in [-0.15, -0.1) is 0 Å². The van der Waals surface area contributed by atoms with Gasteiger partial charge >= 0.3 is 0 Å². The van der Waals surface area contributed by atoms with Crippen molar-refractivity contribution in [3.8, 4) is 0 Å². The Morgan fingerprint density at radius 1 is 1.16 bits per heavy atom. The lowest BCUT2D eigenvalue weighted by molar-refractivity contribution is 0.00543. The molecule has 3 unspecified atom stereocenters. The minimum Gasteiger partial charge on any atom is -0.378 e. The smallest absolute Gasteiger partial charge is 0.123 e. The van der Waals surface area contributed by atoms with E-state index in [2.05, 4.69) is 15.5 Å². The SMILES string of the molecule is CNC1COCC(N2CCC3(CCNC3)C2)C1.Fc1ccc(F)cc1. The van der Waals surface area contributed by atoms with Crippen molar-refractivity contribution >= 4 is 0 Å². The van der Waals surface area contributed by atoms with Crippen molar-refractivity contribution in [3.63, 3.8) is 0 Å². The summed E-state index contributed by atoms with van der Waals surface area (Å²) in [6, 6.07) is 5.50. The molecule has 140 valence electrons. The average molecular weight is 353 g/mol. The fourth-order valence-electron chi connectivity index (χ4n) is 4.12. The number of ether oxygens (including phenoxy) is 1. The second-order valence-corrected chi connectivity index (χ2v) is 7.50. The number of likely N-dealkylation sites (N-methyl/N-ethyl adjacent to an activating group) is 1. The number of hydrogen-bond donors (Lipinski definition) is 2. The molecule has 0 aliphatic carbocycles. The molecule has 4 nitrogen and oxygen atoms in total. The maximum absolute atomic E-state index is 11.9. The molecule has 4 rings (SSSR count). The molecule has 0 amide bonds. The predicted octanol–water partition coefficient (Wildman–Crippen LogP) is 2.01. The third-order valence-electron chi connectivity index (χ3n) is 5.71. The number of hydrogen-bond acceptors (Lipinski definition) is 4. The van der Waals surface area contributed by atoms with Crippen molar-refractivity contribution in [2.24, 2.45) is 5.41 Å². The first kappa shape index (κ1) is 18.7. The van der Waals surface area contributed by atoms with Crippen LogP contribution >= 0.6 is 0 Å². The molecule has 3 heterocycles. The van der Waals surface area contributed by atoms with Gasteiger partial charge in [-0.3, -0.25) is 4.90 Å². The van der Waals surface area contributed by atoms with Gasteiger partial charge in [-0.05, 0) is 69.1 Å². The van der Waals surface area contributed by atoms with Gasteiger partial charge in [-0.2, -0.15) is 0 Å².